The predicted octanol–water partition coefficient (Wildman–Crippen LogP) is 4.05. The molecule has 2 rings (SSSR count). The molecule has 1 N–H and O–H groups in total. The van der Waals surface area contributed by atoms with Crippen molar-refractivity contribution in [3.05, 3.63) is 57.6 Å². The van der Waals surface area contributed by atoms with Gasteiger partial charge in [0.2, 0.25) is 0 Å². The molecule has 0 bridgehead atoms. The molecule has 0 radical (unpaired) electrons. The van der Waals surface area contributed by atoms with Crippen LogP contribution in [0.1, 0.15) is 22.8 Å². The van der Waals surface area contributed by atoms with Gasteiger partial charge in [-0.3, -0.25) is 0 Å². The molecule has 0 saturated heterocycles. The van der Waals surface area contributed by atoms with Crippen LogP contribution in [0.25, 0.3) is 0 Å². The number of aryl methyl sites for hydroxylation is 1. The minimum absolute atomic E-state index is 0.524. The van der Waals surface area contributed by atoms with Crippen molar-refractivity contribution in [3.63, 3.8) is 0 Å². The third kappa shape index (κ3) is 3.77. The number of benzene rings is 2. The highest BCUT2D eigenvalue weighted by Gasteiger charge is 2.12. The number of aliphatic hydroxyl groups excluding tert-OH is 1. The molecule has 0 aromatic heterocycles. The van der Waals surface area contributed by atoms with Crippen LogP contribution in [0.4, 0.5) is 0 Å². The van der Waals surface area contributed by atoms with E-state index in [9.17, 15) is 5.11 Å². The number of hydrogen-bond acceptors (Lipinski definition) is 3. The number of rotatable bonds is 5. The van der Waals surface area contributed by atoms with Crippen LogP contribution in [0.3, 0.4) is 0 Å². The summed E-state index contributed by atoms with van der Waals surface area (Å²) in [7, 11) is 3.21. The van der Waals surface area contributed by atoms with E-state index in [0.717, 1.165) is 21.2 Å². The van der Waals surface area contributed by atoms with E-state index in [1.54, 1.807) is 14.2 Å². The third-order valence-electron chi connectivity index (χ3n) is 3.46. The summed E-state index contributed by atoms with van der Waals surface area (Å²) in [6.45, 7) is 2.02. The number of hydrogen-bond donors (Lipinski definition) is 1. The molecule has 0 aliphatic heterocycles. The molecule has 1 atom stereocenters. The Bertz CT molecular complexity index is 625. The Morgan fingerprint density at radius 1 is 1.05 bits per heavy atom. The SMILES string of the molecule is COc1ccc(CC(O)c2ccc(C)c(Br)c2)cc1OC. The first kappa shape index (κ1) is 15.9. The van der Waals surface area contributed by atoms with E-state index in [0.29, 0.717) is 17.9 Å². The molecule has 0 aliphatic rings. The molecule has 4 heteroatoms. The third-order valence-corrected chi connectivity index (χ3v) is 4.31. The van der Waals surface area contributed by atoms with Crippen LogP contribution in [-0.2, 0) is 6.42 Å². The molecule has 0 spiro atoms. The van der Waals surface area contributed by atoms with Crippen molar-refractivity contribution < 1.29 is 14.6 Å². The Labute approximate surface area is 133 Å². The number of ether oxygens (including phenoxy) is 2. The monoisotopic (exact) mass is 350 g/mol. The molecule has 112 valence electrons. The fourth-order valence-corrected chi connectivity index (χ4v) is 2.56. The second kappa shape index (κ2) is 6.96. The van der Waals surface area contributed by atoms with Gasteiger partial charge in [-0.05, 0) is 41.8 Å². The van der Waals surface area contributed by atoms with E-state index >= 15 is 0 Å². The normalized spacial score (nSPS) is 12.0. The van der Waals surface area contributed by atoms with Gasteiger partial charge < -0.3 is 14.6 Å². The first-order chi connectivity index (χ1) is 10.0. The minimum Gasteiger partial charge on any atom is -0.493 e. The van der Waals surface area contributed by atoms with Gasteiger partial charge in [0.25, 0.3) is 0 Å². The van der Waals surface area contributed by atoms with Crippen LogP contribution in [0.2, 0.25) is 0 Å². The zero-order chi connectivity index (χ0) is 15.4. The smallest absolute Gasteiger partial charge is 0.160 e. The average Bonchev–Trinajstić information content (AvgIpc) is 2.49. The van der Waals surface area contributed by atoms with Crippen molar-refractivity contribution in [2.45, 2.75) is 19.4 Å². The van der Waals surface area contributed by atoms with E-state index in [-0.39, 0.29) is 0 Å². The largest absolute Gasteiger partial charge is 0.493 e. The highest BCUT2D eigenvalue weighted by atomic mass is 79.9. The summed E-state index contributed by atoms with van der Waals surface area (Å²) in [6, 6.07) is 11.6. The lowest BCUT2D eigenvalue weighted by Gasteiger charge is -2.14. The van der Waals surface area contributed by atoms with Crippen molar-refractivity contribution in [2.75, 3.05) is 14.2 Å². The molecule has 2 aromatic rings. The second-order valence-corrected chi connectivity index (χ2v) is 5.77. The van der Waals surface area contributed by atoms with Gasteiger partial charge in [-0.2, -0.15) is 0 Å². The molecular weight excluding hydrogens is 332 g/mol. The topological polar surface area (TPSA) is 38.7 Å². The maximum absolute atomic E-state index is 10.4. The Morgan fingerprint density at radius 3 is 2.38 bits per heavy atom. The van der Waals surface area contributed by atoms with Gasteiger partial charge in [-0.25, -0.2) is 0 Å². The Kier molecular flexibility index (Phi) is 5.26. The van der Waals surface area contributed by atoms with Gasteiger partial charge >= 0.3 is 0 Å². The van der Waals surface area contributed by atoms with Gasteiger partial charge in [0, 0.05) is 10.9 Å². The molecular formula is C17H19BrO3. The van der Waals surface area contributed by atoms with E-state index in [1.165, 1.54) is 0 Å². The molecule has 21 heavy (non-hydrogen) atoms. The first-order valence-electron chi connectivity index (χ1n) is 6.70. The lowest BCUT2D eigenvalue weighted by Crippen LogP contribution is -2.03. The fraction of sp³-hybridized carbons (Fsp3) is 0.294. The summed E-state index contributed by atoms with van der Waals surface area (Å²) in [5.74, 6) is 1.36. The standard InChI is InChI=1S/C17H19BrO3/c1-11-4-6-13(10-14(11)18)15(19)8-12-5-7-16(20-2)17(9-12)21-3/h4-7,9-10,15,19H,8H2,1-3H3. The van der Waals surface area contributed by atoms with Gasteiger partial charge in [0.1, 0.15) is 0 Å². The van der Waals surface area contributed by atoms with Crippen molar-refractivity contribution in [1.29, 1.82) is 0 Å². The van der Waals surface area contributed by atoms with Crippen molar-refractivity contribution in [3.8, 4) is 11.5 Å². The van der Waals surface area contributed by atoms with Crippen LogP contribution in [-0.4, -0.2) is 19.3 Å². The molecule has 3 nitrogen and oxygen atoms in total. The van der Waals surface area contributed by atoms with Crippen LogP contribution >= 0.6 is 15.9 Å². The van der Waals surface area contributed by atoms with E-state index in [2.05, 4.69) is 15.9 Å². The maximum Gasteiger partial charge on any atom is 0.160 e. The molecule has 0 heterocycles. The highest BCUT2D eigenvalue weighted by Crippen LogP contribution is 2.30. The second-order valence-electron chi connectivity index (χ2n) is 4.92. The lowest BCUT2D eigenvalue weighted by molar-refractivity contribution is 0.178. The molecule has 2 aromatic carbocycles. The maximum atomic E-state index is 10.4. The number of methoxy groups -OCH3 is 2. The fourth-order valence-electron chi connectivity index (χ4n) is 2.17. The van der Waals surface area contributed by atoms with Crippen molar-refractivity contribution >= 4 is 15.9 Å². The van der Waals surface area contributed by atoms with Crippen LogP contribution < -0.4 is 9.47 Å². The number of halogens is 1. The summed E-state index contributed by atoms with van der Waals surface area (Å²) in [5.41, 5.74) is 3.04. The molecule has 1 unspecified atom stereocenters. The lowest BCUT2D eigenvalue weighted by atomic mass is 10.0. The van der Waals surface area contributed by atoms with Crippen LogP contribution in [0, 0.1) is 6.92 Å². The van der Waals surface area contributed by atoms with Crippen molar-refractivity contribution in [1.82, 2.24) is 0 Å². The predicted molar refractivity (Wildman–Crippen MR) is 87.1 cm³/mol. The Balaban J connectivity index is 2.18. The molecule has 0 saturated carbocycles. The zero-order valence-corrected chi connectivity index (χ0v) is 14.0. The zero-order valence-electron chi connectivity index (χ0n) is 12.4. The summed E-state index contributed by atoms with van der Waals surface area (Å²) >= 11 is 3.49. The van der Waals surface area contributed by atoms with Gasteiger partial charge in [0.05, 0.1) is 20.3 Å². The van der Waals surface area contributed by atoms with Crippen molar-refractivity contribution in [2.24, 2.45) is 0 Å². The van der Waals surface area contributed by atoms with Gasteiger partial charge in [-0.1, -0.05) is 34.1 Å². The molecule has 0 fully saturated rings. The molecule has 0 amide bonds. The minimum atomic E-state index is -0.556. The quantitative estimate of drug-likeness (QED) is 0.883. The number of aliphatic hydroxyl groups is 1. The van der Waals surface area contributed by atoms with Crippen LogP contribution in [0.15, 0.2) is 40.9 Å². The van der Waals surface area contributed by atoms with Crippen LogP contribution in [0.5, 0.6) is 11.5 Å². The Hall–Kier alpha value is -1.52. The average molecular weight is 351 g/mol. The summed E-state index contributed by atoms with van der Waals surface area (Å²) < 4.78 is 11.5. The van der Waals surface area contributed by atoms with E-state index < -0.39 is 6.10 Å². The van der Waals surface area contributed by atoms with Gasteiger partial charge in [-0.15, -0.1) is 0 Å². The summed E-state index contributed by atoms with van der Waals surface area (Å²) in [4.78, 5) is 0. The van der Waals surface area contributed by atoms with E-state index in [1.807, 2.05) is 43.3 Å². The summed E-state index contributed by atoms with van der Waals surface area (Å²) in [5, 5.41) is 10.4. The van der Waals surface area contributed by atoms with Gasteiger partial charge in [0.15, 0.2) is 11.5 Å². The van der Waals surface area contributed by atoms with E-state index in [4.69, 9.17) is 9.47 Å². The molecule has 0 aliphatic carbocycles. The first-order valence-corrected chi connectivity index (χ1v) is 7.49. The summed E-state index contributed by atoms with van der Waals surface area (Å²) in [6.07, 6.45) is -0.0319. The highest BCUT2D eigenvalue weighted by molar-refractivity contribution is 9.10. The Morgan fingerprint density at radius 2 is 1.76 bits per heavy atom.